The number of ether oxygens (including phenoxy) is 1. The van der Waals surface area contributed by atoms with Gasteiger partial charge in [0.1, 0.15) is 5.75 Å². The summed E-state index contributed by atoms with van der Waals surface area (Å²) in [5, 5.41) is 0.850. The van der Waals surface area contributed by atoms with Gasteiger partial charge in [0.05, 0.1) is 12.6 Å². The van der Waals surface area contributed by atoms with Gasteiger partial charge in [-0.2, -0.15) is 0 Å². The van der Waals surface area contributed by atoms with Gasteiger partial charge in [-0.25, -0.2) is 4.42 Å². The van der Waals surface area contributed by atoms with Crippen LogP contribution in [0.1, 0.15) is 29.6 Å². The minimum absolute atomic E-state index is 0.150. The van der Waals surface area contributed by atoms with Crippen molar-refractivity contribution in [3.63, 3.8) is 0 Å². The first-order valence-corrected chi connectivity index (χ1v) is 8.95. The average Bonchev–Trinajstić information content (AvgIpc) is 2.65. The number of fused-ring (bicyclic) bond motifs is 1. The number of nitrogens with zero attached hydrogens (tertiary/aromatic N) is 2. The number of carbonyl (C=O) groups is 1. The summed E-state index contributed by atoms with van der Waals surface area (Å²) in [5.74, 6) is 1.68. The van der Waals surface area contributed by atoms with Crippen molar-refractivity contribution in [3.05, 3.63) is 48.7 Å². The Kier molecular flexibility index (Phi) is 5.71. The highest BCUT2D eigenvalue weighted by molar-refractivity contribution is 6.13. The molecule has 1 saturated heterocycles. The van der Waals surface area contributed by atoms with Crippen LogP contribution < -0.4 is 4.74 Å². The summed E-state index contributed by atoms with van der Waals surface area (Å²) in [7, 11) is 1.62. The van der Waals surface area contributed by atoms with Crippen LogP contribution in [0.25, 0.3) is 10.9 Å². The molecule has 1 aromatic carbocycles. The summed E-state index contributed by atoms with van der Waals surface area (Å²) < 4.78 is 7.10. The Morgan fingerprint density at radius 1 is 1.48 bits per heavy atom. The number of piperidine rings is 1. The van der Waals surface area contributed by atoms with E-state index in [-0.39, 0.29) is 5.78 Å². The van der Waals surface area contributed by atoms with Crippen LogP contribution >= 0.6 is 11.8 Å². The Balaban J connectivity index is 1.75. The van der Waals surface area contributed by atoms with Gasteiger partial charge < -0.3 is 4.74 Å². The molecule has 0 saturated carbocycles. The number of carbonyl (C=O) groups excluding carboxylic acids is 1. The number of ketones is 1. The third kappa shape index (κ3) is 4.02. The maximum Gasteiger partial charge on any atom is 0.163 e. The maximum absolute atomic E-state index is 12.8. The topological polar surface area (TPSA) is 42.4 Å². The number of methoxy groups -OCH3 is 1. The fraction of sp³-hybridized carbons (Fsp3) is 0.400. The maximum atomic E-state index is 12.8. The van der Waals surface area contributed by atoms with E-state index in [1.54, 1.807) is 19.4 Å². The summed E-state index contributed by atoms with van der Waals surface area (Å²) in [6.07, 6.45) is 6.04. The van der Waals surface area contributed by atoms with Crippen LogP contribution in [0.15, 0.2) is 43.1 Å². The van der Waals surface area contributed by atoms with Crippen LogP contribution in [0, 0.1) is 11.8 Å². The SMILES string of the molecule is C=C[C@@H]1CN(Cl)CCC1CCC(=O)c1ccnc2ccc(OC)cc12. The number of hydrogen-bond donors (Lipinski definition) is 0. The van der Waals surface area contributed by atoms with Crippen molar-refractivity contribution in [2.24, 2.45) is 11.8 Å². The lowest BCUT2D eigenvalue weighted by molar-refractivity contribution is 0.0963. The zero-order chi connectivity index (χ0) is 17.8. The second-order valence-electron chi connectivity index (χ2n) is 6.52. The lowest BCUT2D eigenvalue weighted by Crippen LogP contribution is -2.34. The van der Waals surface area contributed by atoms with Gasteiger partial charge in [-0.3, -0.25) is 9.78 Å². The van der Waals surface area contributed by atoms with E-state index >= 15 is 0 Å². The van der Waals surface area contributed by atoms with Crippen LogP contribution in [0.4, 0.5) is 0 Å². The lowest BCUT2D eigenvalue weighted by Gasteiger charge is -2.33. The second-order valence-corrected chi connectivity index (χ2v) is 7.00. The molecule has 1 aliphatic rings. The molecule has 2 aromatic rings. The number of hydrogen-bond acceptors (Lipinski definition) is 4. The smallest absolute Gasteiger partial charge is 0.163 e. The molecular formula is C20H23ClN2O2. The molecule has 0 amide bonds. The number of aromatic nitrogens is 1. The fourth-order valence-corrected chi connectivity index (χ4v) is 3.82. The third-order valence-corrected chi connectivity index (χ3v) is 5.36. The molecule has 5 heteroatoms. The van der Waals surface area contributed by atoms with Crippen molar-refractivity contribution in [2.45, 2.75) is 19.3 Å². The number of halogens is 1. The highest BCUT2D eigenvalue weighted by atomic mass is 35.5. The second kappa shape index (κ2) is 7.98. The van der Waals surface area contributed by atoms with Gasteiger partial charge >= 0.3 is 0 Å². The van der Waals surface area contributed by atoms with Gasteiger partial charge in [-0.15, -0.1) is 6.58 Å². The fourth-order valence-electron chi connectivity index (χ4n) is 3.56. The van der Waals surface area contributed by atoms with E-state index < -0.39 is 0 Å². The van der Waals surface area contributed by atoms with E-state index in [1.807, 2.05) is 28.7 Å². The Hall–Kier alpha value is -1.91. The molecule has 2 atom stereocenters. The van der Waals surface area contributed by atoms with Gasteiger partial charge in [0.15, 0.2) is 5.78 Å². The molecule has 2 heterocycles. The van der Waals surface area contributed by atoms with Gasteiger partial charge in [0.25, 0.3) is 0 Å². The molecule has 1 aromatic heterocycles. The summed E-state index contributed by atoms with van der Waals surface area (Å²) in [6.45, 7) is 5.59. The molecule has 132 valence electrons. The van der Waals surface area contributed by atoms with E-state index in [1.165, 1.54) is 0 Å². The monoisotopic (exact) mass is 358 g/mol. The largest absolute Gasteiger partial charge is 0.497 e. The number of benzene rings is 1. The van der Waals surface area contributed by atoms with Crippen LogP contribution in [0.5, 0.6) is 5.75 Å². The van der Waals surface area contributed by atoms with E-state index in [2.05, 4.69) is 11.6 Å². The lowest BCUT2D eigenvalue weighted by atomic mass is 9.82. The molecule has 0 N–H and O–H groups in total. The number of Topliss-reactive ketones (excluding diaryl/α,β-unsaturated/α-hetero) is 1. The minimum Gasteiger partial charge on any atom is -0.497 e. The summed E-state index contributed by atoms with van der Waals surface area (Å²) >= 11 is 6.11. The highest BCUT2D eigenvalue weighted by Crippen LogP contribution is 2.30. The van der Waals surface area contributed by atoms with Gasteiger partial charge in [0, 0.05) is 36.7 Å². The first-order valence-electron chi connectivity index (χ1n) is 8.61. The average molecular weight is 359 g/mol. The molecule has 25 heavy (non-hydrogen) atoms. The van der Waals surface area contributed by atoms with Crippen molar-refractivity contribution in [1.82, 2.24) is 9.40 Å². The molecule has 1 unspecified atom stereocenters. The van der Waals surface area contributed by atoms with Crippen LogP contribution in [0.2, 0.25) is 0 Å². The molecular weight excluding hydrogens is 336 g/mol. The molecule has 1 fully saturated rings. The quantitative estimate of drug-likeness (QED) is 0.433. The molecule has 1 aliphatic heterocycles. The first kappa shape index (κ1) is 17.9. The van der Waals surface area contributed by atoms with E-state index in [9.17, 15) is 4.79 Å². The molecule has 3 rings (SSSR count). The summed E-state index contributed by atoms with van der Waals surface area (Å²) in [5.41, 5.74) is 1.53. The van der Waals surface area contributed by atoms with E-state index in [4.69, 9.17) is 16.5 Å². The van der Waals surface area contributed by atoms with Gasteiger partial charge in [-0.05, 0) is 60.7 Å². The van der Waals surface area contributed by atoms with E-state index in [0.717, 1.165) is 42.6 Å². The predicted molar refractivity (Wildman–Crippen MR) is 101 cm³/mol. The molecule has 4 nitrogen and oxygen atoms in total. The number of rotatable bonds is 6. The molecule has 0 bridgehead atoms. The highest BCUT2D eigenvalue weighted by Gasteiger charge is 2.27. The zero-order valence-electron chi connectivity index (χ0n) is 14.5. The van der Waals surface area contributed by atoms with Gasteiger partial charge in [0.2, 0.25) is 0 Å². The van der Waals surface area contributed by atoms with Gasteiger partial charge in [-0.1, -0.05) is 6.08 Å². The Morgan fingerprint density at radius 2 is 2.32 bits per heavy atom. The van der Waals surface area contributed by atoms with Crippen molar-refractivity contribution in [3.8, 4) is 5.75 Å². The Morgan fingerprint density at radius 3 is 3.08 bits per heavy atom. The van der Waals surface area contributed by atoms with Crippen LogP contribution in [-0.2, 0) is 0 Å². The van der Waals surface area contributed by atoms with Crippen molar-refractivity contribution in [1.29, 1.82) is 0 Å². The van der Waals surface area contributed by atoms with Crippen LogP contribution in [0.3, 0.4) is 0 Å². The third-order valence-electron chi connectivity index (χ3n) is 5.05. The minimum atomic E-state index is 0.150. The zero-order valence-corrected chi connectivity index (χ0v) is 15.2. The van der Waals surface area contributed by atoms with Crippen molar-refractivity contribution in [2.75, 3.05) is 20.2 Å². The Bertz CT molecular complexity index is 777. The predicted octanol–water partition coefficient (Wildman–Crippen LogP) is 4.48. The Labute approximate surface area is 153 Å². The summed E-state index contributed by atoms with van der Waals surface area (Å²) in [6, 6.07) is 7.43. The first-order chi connectivity index (χ1) is 12.1. The standard InChI is InChI=1S/C20H23ClN2O2/c1-3-14-13-23(21)11-9-15(14)4-7-20(24)17-8-10-22-19-6-5-16(25-2)12-18(17)19/h3,5-6,8,10,12,14-15H,1,4,7,9,11,13H2,2H3/t14-,15?/m1/s1. The molecule has 0 spiro atoms. The van der Waals surface area contributed by atoms with Crippen LogP contribution in [-0.4, -0.2) is 35.4 Å². The van der Waals surface area contributed by atoms with E-state index in [0.29, 0.717) is 23.8 Å². The number of pyridine rings is 1. The van der Waals surface area contributed by atoms with Crippen molar-refractivity contribution >= 4 is 28.5 Å². The summed E-state index contributed by atoms with van der Waals surface area (Å²) in [4.78, 5) is 17.2. The normalized spacial score (nSPS) is 21.2. The molecule has 0 aliphatic carbocycles. The van der Waals surface area contributed by atoms with Crippen molar-refractivity contribution < 1.29 is 9.53 Å². The molecule has 0 radical (unpaired) electrons.